The molecule has 10 heteroatoms. The number of carbonyl (C=O) groups excluding carboxylic acids is 3. The number of hydrogen-bond donors (Lipinski definition) is 1. The Balaban J connectivity index is 1.50. The molecule has 4 aromatic rings. The van der Waals surface area contributed by atoms with E-state index in [1.54, 1.807) is 60.8 Å². The van der Waals surface area contributed by atoms with Crippen LogP contribution in [0.4, 0.5) is 11.4 Å². The van der Waals surface area contributed by atoms with Gasteiger partial charge in [0.25, 0.3) is 5.69 Å². The van der Waals surface area contributed by atoms with Crippen LogP contribution in [0.5, 0.6) is 0 Å². The van der Waals surface area contributed by atoms with Gasteiger partial charge in [-0.15, -0.1) is 0 Å². The molecular weight excluding hydrogens is 556 g/mol. The van der Waals surface area contributed by atoms with Crippen LogP contribution in [-0.2, 0) is 4.79 Å². The number of Topliss-reactive ketones (excluding diaryl/α,β-unsaturated/α-hetero) is 2. The van der Waals surface area contributed by atoms with Gasteiger partial charge in [-0.25, -0.2) is 0 Å². The Bertz CT molecular complexity index is 1820. The Kier molecular flexibility index (Phi) is 5.81. The molecular formula is C32H21ClN4O5. The van der Waals surface area contributed by atoms with E-state index < -0.39 is 45.8 Å². The first-order valence-corrected chi connectivity index (χ1v) is 13.6. The van der Waals surface area contributed by atoms with E-state index >= 15 is 0 Å². The average Bonchev–Trinajstić information content (AvgIpc) is 3.44. The third-order valence-corrected chi connectivity index (χ3v) is 8.65. The van der Waals surface area contributed by atoms with E-state index in [-0.39, 0.29) is 16.8 Å². The normalized spacial score (nSPS) is 21.2. The zero-order valence-corrected chi connectivity index (χ0v) is 22.6. The fraction of sp³-hybridized carbons (Fsp3) is 0.125. The highest BCUT2D eigenvalue weighted by molar-refractivity contribution is 6.32. The summed E-state index contributed by atoms with van der Waals surface area (Å²) in [6.45, 7) is 0. The summed E-state index contributed by atoms with van der Waals surface area (Å²) in [6.07, 6.45) is 1.61. The lowest BCUT2D eigenvalue weighted by Gasteiger charge is -2.36. The number of nitro groups is 1. The van der Waals surface area contributed by atoms with Crippen molar-refractivity contribution in [3.63, 3.8) is 0 Å². The summed E-state index contributed by atoms with van der Waals surface area (Å²) in [6, 6.07) is 24.1. The number of benzene rings is 4. The third kappa shape index (κ3) is 3.56. The molecule has 1 saturated heterocycles. The SMILES string of the molecule is O=C(Nc1ccc(Cl)cc1)[C@@H]1[C@H](c2cccc([N+](=O)[O-])c2)C2(C(=O)c3ccccc3C2=O)[C@H]2c3ccccc3C=NN12. The third-order valence-electron chi connectivity index (χ3n) is 8.40. The molecule has 1 spiro atoms. The van der Waals surface area contributed by atoms with Crippen molar-refractivity contribution in [3.05, 3.63) is 140 Å². The van der Waals surface area contributed by atoms with E-state index in [0.717, 1.165) is 0 Å². The largest absolute Gasteiger partial charge is 0.324 e. The summed E-state index contributed by atoms with van der Waals surface area (Å²) in [5.41, 5.74) is 0.612. The second-order valence-electron chi connectivity index (χ2n) is 10.5. The van der Waals surface area contributed by atoms with E-state index in [4.69, 9.17) is 11.6 Å². The first-order valence-electron chi connectivity index (χ1n) is 13.2. The first kappa shape index (κ1) is 25.8. The van der Waals surface area contributed by atoms with Crippen LogP contribution in [0.25, 0.3) is 0 Å². The van der Waals surface area contributed by atoms with Crippen LogP contribution in [0.15, 0.2) is 102 Å². The number of nitrogens with zero attached hydrogens (tertiary/aromatic N) is 3. The number of nitro benzene ring substituents is 1. The highest BCUT2D eigenvalue weighted by Crippen LogP contribution is 2.64. The molecule has 7 rings (SSSR count). The molecule has 3 atom stereocenters. The van der Waals surface area contributed by atoms with Crippen LogP contribution in [0.3, 0.4) is 0 Å². The molecule has 0 radical (unpaired) electrons. The number of non-ortho nitro benzene ring substituents is 1. The minimum Gasteiger partial charge on any atom is -0.324 e. The van der Waals surface area contributed by atoms with Gasteiger partial charge in [0.15, 0.2) is 11.6 Å². The quantitative estimate of drug-likeness (QED) is 0.186. The molecule has 42 heavy (non-hydrogen) atoms. The van der Waals surface area contributed by atoms with Crippen LogP contribution < -0.4 is 5.32 Å². The number of nitrogens with one attached hydrogen (secondary N) is 1. The summed E-state index contributed by atoms with van der Waals surface area (Å²) < 4.78 is 0. The Labute approximate surface area is 244 Å². The molecule has 3 aliphatic rings. The summed E-state index contributed by atoms with van der Waals surface area (Å²) in [5, 5.41) is 21.4. The second kappa shape index (κ2) is 9.46. The Morgan fingerprint density at radius 1 is 0.905 bits per heavy atom. The lowest BCUT2D eigenvalue weighted by molar-refractivity contribution is -0.384. The van der Waals surface area contributed by atoms with Gasteiger partial charge >= 0.3 is 0 Å². The zero-order valence-electron chi connectivity index (χ0n) is 21.8. The molecule has 4 aromatic carbocycles. The number of hydrazone groups is 1. The highest BCUT2D eigenvalue weighted by atomic mass is 35.5. The number of ketones is 2. The molecule has 0 saturated carbocycles. The maximum absolute atomic E-state index is 14.7. The number of anilines is 1. The van der Waals surface area contributed by atoms with E-state index in [9.17, 15) is 24.5 Å². The smallest absolute Gasteiger partial charge is 0.269 e. The van der Waals surface area contributed by atoms with Gasteiger partial charge in [0, 0.05) is 39.9 Å². The molecule has 2 heterocycles. The van der Waals surface area contributed by atoms with Crippen molar-refractivity contribution in [2.24, 2.45) is 10.5 Å². The highest BCUT2D eigenvalue weighted by Gasteiger charge is 2.73. The van der Waals surface area contributed by atoms with Crippen molar-refractivity contribution in [2.45, 2.75) is 18.0 Å². The van der Waals surface area contributed by atoms with Crippen molar-refractivity contribution >= 4 is 46.7 Å². The minimum atomic E-state index is -1.82. The molecule has 0 aromatic heterocycles. The Hall–Kier alpha value is -5.15. The lowest BCUT2D eigenvalue weighted by atomic mass is 9.63. The van der Waals surface area contributed by atoms with E-state index in [1.807, 2.05) is 24.3 Å². The monoisotopic (exact) mass is 576 g/mol. The van der Waals surface area contributed by atoms with Crippen molar-refractivity contribution in [1.29, 1.82) is 0 Å². The summed E-state index contributed by atoms with van der Waals surface area (Å²) in [4.78, 5) is 54.9. The van der Waals surface area contributed by atoms with Crippen molar-refractivity contribution < 1.29 is 19.3 Å². The van der Waals surface area contributed by atoms with Gasteiger partial charge in [0.2, 0.25) is 5.91 Å². The molecule has 2 aliphatic heterocycles. The average molecular weight is 577 g/mol. The predicted octanol–water partition coefficient (Wildman–Crippen LogP) is 5.81. The van der Waals surface area contributed by atoms with Crippen LogP contribution in [0, 0.1) is 15.5 Å². The van der Waals surface area contributed by atoms with Crippen molar-refractivity contribution in [1.82, 2.24) is 5.01 Å². The fourth-order valence-electron chi connectivity index (χ4n) is 6.73. The van der Waals surface area contributed by atoms with Gasteiger partial charge in [-0.2, -0.15) is 5.10 Å². The van der Waals surface area contributed by atoms with E-state index in [0.29, 0.717) is 27.4 Å². The van der Waals surface area contributed by atoms with Crippen molar-refractivity contribution in [3.8, 4) is 0 Å². The first-order chi connectivity index (χ1) is 20.3. The number of hydrogen-bond acceptors (Lipinski definition) is 7. The van der Waals surface area contributed by atoms with Gasteiger partial charge in [0.05, 0.1) is 17.2 Å². The molecule has 1 aliphatic carbocycles. The number of rotatable bonds is 4. The zero-order chi connectivity index (χ0) is 29.2. The van der Waals surface area contributed by atoms with Crippen molar-refractivity contribution in [2.75, 3.05) is 5.32 Å². The molecule has 1 amide bonds. The lowest BCUT2D eigenvalue weighted by Crippen LogP contribution is -2.44. The molecule has 9 nitrogen and oxygen atoms in total. The van der Waals surface area contributed by atoms with E-state index in [1.165, 1.54) is 23.2 Å². The topological polar surface area (TPSA) is 122 Å². The standard InChI is InChI=1S/C32H21ClN4O5/c33-20-12-14-21(15-13-20)35-31(40)27-26(18-7-5-8-22(16-18)37(41)42)32(29(38)24-10-3-4-11-25(24)30(32)39)28-23-9-2-1-6-19(23)17-34-36(27)28/h1-17,26-28H,(H,35,40)/t26-,27-,28+/m0/s1. The molecule has 0 bridgehead atoms. The number of carbonyl (C=O) groups is 3. The maximum atomic E-state index is 14.7. The number of amides is 1. The summed E-state index contributed by atoms with van der Waals surface area (Å²) in [5.74, 6) is -2.53. The number of halogens is 1. The van der Waals surface area contributed by atoms with Gasteiger partial charge in [-0.1, -0.05) is 72.3 Å². The minimum absolute atomic E-state index is 0.219. The second-order valence-corrected chi connectivity index (χ2v) is 10.9. The Morgan fingerprint density at radius 2 is 1.57 bits per heavy atom. The summed E-state index contributed by atoms with van der Waals surface area (Å²) in [7, 11) is 0. The molecule has 0 unspecified atom stereocenters. The van der Waals surface area contributed by atoms with Gasteiger partial charge in [-0.3, -0.25) is 29.5 Å². The van der Waals surface area contributed by atoms with Crippen LogP contribution in [0.2, 0.25) is 5.02 Å². The van der Waals surface area contributed by atoms with Gasteiger partial charge < -0.3 is 5.32 Å². The maximum Gasteiger partial charge on any atom is 0.269 e. The Morgan fingerprint density at radius 3 is 2.26 bits per heavy atom. The van der Waals surface area contributed by atoms with Gasteiger partial charge in [-0.05, 0) is 41.0 Å². The number of fused-ring (bicyclic) bond motifs is 5. The fourth-order valence-corrected chi connectivity index (χ4v) is 6.86. The predicted molar refractivity (Wildman–Crippen MR) is 156 cm³/mol. The molecule has 1 fully saturated rings. The van der Waals surface area contributed by atoms with Gasteiger partial charge in [0.1, 0.15) is 11.5 Å². The van der Waals surface area contributed by atoms with Crippen LogP contribution in [0.1, 0.15) is 49.4 Å². The van der Waals surface area contributed by atoms with E-state index in [2.05, 4.69) is 10.4 Å². The molecule has 1 N–H and O–H groups in total. The summed E-state index contributed by atoms with van der Waals surface area (Å²) >= 11 is 6.05. The van der Waals surface area contributed by atoms with Crippen LogP contribution >= 0.6 is 11.6 Å². The van der Waals surface area contributed by atoms with Crippen LogP contribution in [-0.4, -0.2) is 39.7 Å². The molecule has 206 valence electrons.